The standard InChI is InChI=1S/C12H16N2O.ClH/c1-8(13)12(15)14-11-7-10(11)9-5-3-2-4-6-9;/h2-6,8,10-11H,7,13H2,1H3,(H,14,15);1H/t8-,10?,11?;/m1./s1. The third kappa shape index (κ3) is 2.97. The topological polar surface area (TPSA) is 55.1 Å². The van der Waals surface area contributed by atoms with E-state index < -0.39 is 6.04 Å². The maximum absolute atomic E-state index is 11.3. The monoisotopic (exact) mass is 240 g/mol. The van der Waals surface area contributed by atoms with Crippen LogP contribution in [0.2, 0.25) is 0 Å². The van der Waals surface area contributed by atoms with Crippen LogP contribution in [-0.2, 0) is 4.79 Å². The Morgan fingerprint density at radius 1 is 1.44 bits per heavy atom. The van der Waals surface area contributed by atoms with Crippen LogP contribution in [0.1, 0.15) is 24.8 Å². The van der Waals surface area contributed by atoms with Crippen LogP contribution in [0.5, 0.6) is 0 Å². The van der Waals surface area contributed by atoms with Gasteiger partial charge in [0.1, 0.15) is 0 Å². The first-order valence-electron chi connectivity index (χ1n) is 5.29. The first-order chi connectivity index (χ1) is 7.18. The van der Waals surface area contributed by atoms with Gasteiger partial charge in [0.25, 0.3) is 0 Å². The number of benzene rings is 1. The summed E-state index contributed by atoms with van der Waals surface area (Å²) in [7, 11) is 0. The normalized spacial score (nSPS) is 24.1. The Kier molecular flexibility index (Phi) is 4.33. The van der Waals surface area contributed by atoms with E-state index >= 15 is 0 Å². The molecule has 2 unspecified atom stereocenters. The smallest absolute Gasteiger partial charge is 0.236 e. The third-order valence-corrected chi connectivity index (χ3v) is 2.76. The van der Waals surface area contributed by atoms with Crippen molar-refractivity contribution in [3.8, 4) is 0 Å². The van der Waals surface area contributed by atoms with E-state index in [1.54, 1.807) is 6.92 Å². The fourth-order valence-electron chi connectivity index (χ4n) is 1.74. The Bertz CT molecular complexity index is 353. The fourth-order valence-corrected chi connectivity index (χ4v) is 1.74. The van der Waals surface area contributed by atoms with Crippen molar-refractivity contribution in [1.82, 2.24) is 5.32 Å². The van der Waals surface area contributed by atoms with Gasteiger partial charge in [-0.25, -0.2) is 0 Å². The quantitative estimate of drug-likeness (QED) is 0.840. The first kappa shape index (κ1) is 13.0. The van der Waals surface area contributed by atoms with Crippen molar-refractivity contribution >= 4 is 18.3 Å². The van der Waals surface area contributed by atoms with Crippen LogP contribution >= 0.6 is 12.4 Å². The highest BCUT2D eigenvalue weighted by atomic mass is 35.5. The van der Waals surface area contributed by atoms with Gasteiger partial charge in [0.15, 0.2) is 0 Å². The number of hydrogen-bond donors (Lipinski definition) is 2. The highest BCUT2D eigenvalue weighted by molar-refractivity contribution is 5.85. The number of hydrogen-bond acceptors (Lipinski definition) is 2. The summed E-state index contributed by atoms with van der Waals surface area (Å²) in [5.74, 6) is 0.423. The summed E-state index contributed by atoms with van der Waals surface area (Å²) in [5.41, 5.74) is 6.78. The highest BCUT2D eigenvalue weighted by Gasteiger charge is 2.39. The average Bonchev–Trinajstić information content (AvgIpc) is 2.98. The highest BCUT2D eigenvalue weighted by Crippen LogP contribution is 2.40. The van der Waals surface area contributed by atoms with E-state index in [1.807, 2.05) is 18.2 Å². The van der Waals surface area contributed by atoms with Crippen LogP contribution in [-0.4, -0.2) is 18.0 Å². The summed E-state index contributed by atoms with van der Waals surface area (Å²) in [4.78, 5) is 11.3. The molecular formula is C12H17ClN2O. The van der Waals surface area contributed by atoms with Crippen molar-refractivity contribution < 1.29 is 4.79 Å². The Morgan fingerprint density at radius 3 is 2.62 bits per heavy atom. The van der Waals surface area contributed by atoms with Gasteiger partial charge in [-0.05, 0) is 18.9 Å². The number of carbonyl (C=O) groups excluding carboxylic acids is 1. The summed E-state index contributed by atoms with van der Waals surface area (Å²) < 4.78 is 0. The summed E-state index contributed by atoms with van der Waals surface area (Å²) in [6.07, 6.45) is 1.03. The van der Waals surface area contributed by atoms with Gasteiger partial charge < -0.3 is 11.1 Å². The van der Waals surface area contributed by atoms with Gasteiger partial charge in [0.05, 0.1) is 6.04 Å². The Hall–Kier alpha value is -1.06. The lowest BCUT2D eigenvalue weighted by Crippen LogP contribution is -2.39. The summed E-state index contributed by atoms with van der Waals surface area (Å²) in [5, 5.41) is 2.94. The van der Waals surface area contributed by atoms with E-state index in [0.717, 1.165) is 6.42 Å². The van der Waals surface area contributed by atoms with Crippen LogP contribution in [0.25, 0.3) is 0 Å². The van der Waals surface area contributed by atoms with Crippen molar-refractivity contribution in [2.75, 3.05) is 0 Å². The zero-order valence-corrected chi connectivity index (χ0v) is 10.0. The summed E-state index contributed by atoms with van der Waals surface area (Å²) >= 11 is 0. The number of rotatable bonds is 3. The van der Waals surface area contributed by atoms with Crippen LogP contribution in [0.15, 0.2) is 30.3 Å². The maximum atomic E-state index is 11.3. The fraction of sp³-hybridized carbons (Fsp3) is 0.417. The minimum absolute atomic E-state index is 0. The van der Waals surface area contributed by atoms with E-state index in [1.165, 1.54) is 5.56 Å². The molecule has 0 bridgehead atoms. The third-order valence-electron chi connectivity index (χ3n) is 2.76. The summed E-state index contributed by atoms with van der Waals surface area (Å²) in [6.45, 7) is 1.70. The van der Waals surface area contributed by atoms with E-state index in [9.17, 15) is 4.79 Å². The van der Waals surface area contributed by atoms with Crippen LogP contribution < -0.4 is 11.1 Å². The molecule has 88 valence electrons. The van der Waals surface area contributed by atoms with Crippen molar-refractivity contribution in [3.63, 3.8) is 0 Å². The van der Waals surface area contributed by atoms with Gasteiger partial charge in [-0.2, -0.15) is 0 Å². The number of amides is 1. The number of nitrogens with two attached hydrogens (primary N) is 1. The zero-order valence-electron chi connectivity index (χ0n) is 9.22. The molecule has 1 aromatic rings. The molecule has 16 heavy (non-hydrogen) atoms. The molecule has 0 aliphatic heterocycles. The first-order valence-corrected chi connectivity index (χ1v) is 5.29. The van der Waals surface area contributed by atoms with Crippen LogP contribution in [0.4, 0.5) is 0 Å². The number of carbonyl (C=O) groups is 1. The lowest BCUT2D eigenvalue weighted by Gasteiger charge is -2.06. The second-order valence-electron chi connectivity index (χ2n) is 4.16. The molecule has 2 rings (SSSR count). The van der Waals surface area contributed by atoms with Crippen molar-refractivity contribution in [2.45, 2.75) is 31.3 Å². The zero-order chi connectivity index (χ0) is 10.8. The lowest BCUT2D eigenvalue weighted by molar-refractivity contribution is -0.122. The van der Waals surface area contributed by atoms with Gasteiger partial charge in [0, 0.05) is 12.0 Å². The minimum Gasteiger partial charge on any atom is -0.351 e. The number of nitrogens with one attached hydrogen (secondary N) is 1. The van der Waals surface area contributed by atoms with Crippen molar-refractivity contribution in [3.05, 3.63) is 35.9 Å². The molecule has 1 aliphatic carbocycles. The average molecular weight is 241 g/mol. The Morgan fingerprint density at radius 2 is 2.06 bits per heavy atom. The molecule has 0 radical (unpaired) electrons. The molecule has 1 fully saturated rings. The SMILES string of the molecule is C[C@@H](N)C(=O)NC1CC1c1ccccc1.Cl. The van der Waals surface area contributed by atoms with Gasteiger partial charge in [-0.15, -0.1) is 12.4 Å². The summed E-state index contributed by atoms with van der Waals surface area (Å²) in [6, 6.07) is 10.1. The van der Waals surface area contributed by atoms with E-state index in [0.29, 0.717) is 5.92 Å². The molecule has 0 heterocycles. The van der Waals surface area contributed by atoms with Gasteiger partial charge in [-0.3, -0.25) is 4.79 Å². The molecular weight excluding hydrogens is 224 g/mol. The van der Waals surface area contributed by atoms with E-state index in [4.69, 9.17) is 5.73 Å². The van der Waals surface area contributed by atoms with Gasteiger partial charge in [0.2, 0.25) is 5.91 Å². The van der Waals surface area contributed by atoms with Crippen LogP contribution in [0.3, 0.4) is 0 Å². The predicted molar refractivity (Wildman–Crippen MR) is 66.6 cm³/mol. The molecule has 3 N–H and O–H groups in total. The van der Waals surface area contributed by atoms with Crippen molar-refractivity contribution in [1.29, 1.82) is 0 Å². The molecule has 0 aromatic heterocycles. The molecule has 1 saturated carbocycles. The minimum atomic E-state index is -0.415. The second kappa shape index (κ2) is 5.32. The number of halogens is 1. The van der Waals surface area contributed by atoms with E-state index in [2.05, 4.69) is 17.4 Å². The van der Waals surface area contributed by atoms with Crippen LogP contribution in [0, 0.1) is 0 Å². The molecule has 0 spiro atoms. The molecule has 3 nitrogen and oxygen atoms in total. The molecule has 1 aliphatic rings. The molecule has 4 heteroatoms. The Labute approximate surface area is 102 Å². The molecule has 3 atom stereocenters. The van der Waals surface area contributed by atoms with Crippen molar-refractivity contribution in [2.24, 2.45) is 5.73 Å². The van der Waals surface area contributed by atoms with Gasteiger partial charge in [-0.1, -0.05) is 30.3 Å². The predicted octanol–water partition coefficient (Wildman–Crippen LogP) is 1.43. The lowest BCUT2D eigenvalue weighted by atomic mass is 10.1. The van der Waals surface area contributed by atoms with E-state index in [-0.39, 0.29) is 24.4 Å². The molecule has 1 aromatic carbocycles. The molecule has 0 saturated heterocycles. The molecule has 1 amide bonds. The second-order valence-corrected chi connectivity index (χ2v) is 4.16. The largest absolute Gasteiger partial charge is 0.351 e. The maximum Gasteiger partial charge on any atom is 0.236 e. The Balaban J connectivity index is 0.00000128. The van der Waals surface area contributed by atoms with Gasteiger partial charge >= 0.3 is 0 Å².